The van der Waals surface area contributed by atoms with E-state index in [1.165, 1.54) is 12.5 Å². The highest BCUT2D eigenvalue weighted by atomic mass is 35.5. The fraction of sp³-hybridized carbons (Fsp3) is 0.300. The maximum Gasteiger partial charge on any atom is 0.204 e. The van der Waals surface area contributed by atoms with Crippen LogP contribution in [0.1, 0.15) is 23.2 Å². The molecule has 0 N–H and O–H groups in total. The number of hydrogen-bond donors (Lipinski definition) is 0. The van der Waals surface area contributed by atoms with Crippen LogP contribution in [0.25, 0.3) is 0 Å². The van der Waals surface area contributed by atoms with Crippen LogP contribution in [0.5, 0.6) is 0 Å². The van der Waals surface area contributed by atoms with Gasteiger partial charge in [-0.05, 0) is 30.5 Å². The number of carbonyl (C=O) groups excluding carboxylic acids is 1. The number of allylic oxidation sites excluding steroid dienone is 1. The number of carbonyl (C=O) groups is 1. The van der Waals surface area contributed by atoms with Crippen molar-refractivity contribution < 1.29 is 13.9 Å². The molecule has 3 nitrogen and oxygen atoms in total. The third-order valence-corrected chi connectivity index (χ3v) is 2.38. The standard InChI is InChI=1S/C10H9ClO3/c11-10-8(3-5-14-10)9(12)7-2-1-4-13-6-7/h3,5-6H,1-2,4H2. The van der Waals surface area contributed by atoms with Crippen molar-refractivity contribution in [1.82, 2.24) is 0 Å². The summed E-state index contributed by atoms with van der Waals surface area (Å²) in [5.41, 5.74) is 1.06. The van der Waals surface area contributed by atoms with Crippen molar-refractivity contribution in [3.05, 3.63) is 34.9 Å². The number of halogens is 1. The van der Waals surface area contributed by atoms with Gasteiger partial charge < -0.3 is 9.15 Å². The van der Waals surface area contributed by atoms with Crippen LogP contribution in [0.2, 0.25) is 5.22 Å². The maximum absolute atomic E-state index is 11.8. The van der Waals surface area contributed by atoms with Crippen LogP contribution < -0.4 is 0 Å². The number of hydrogen-bond acceptors (Lipinski definition) is 3. The SMILES string of the molecule is O=C(C1=COCCC1)c1ccoc1Cl. The molecule has 0 fully saturated rings. The summed E-state index contributed by atoms with van der Waals surface area (Å²) < 4.78 is 9.94. The van der Waals surface area contributed by atoms with Gasteiger partial charge in [0.15, 0.2) is 5.78 Å². The van der Waals surface area contributed by atoms with Crippen molar-refractivity contribution in [2.75, 3.05) is 6.61 Å². The molecule has 0 radical (unpaired) electrons. The van der Waals surface area contributed by atoms with Gasteiger partial charge in [-0.1, -0.05) is 0 Å². The second-order valence-corrected chi connectivity index (χ2v) is 3.40. The lowest BCUT2D eigenvalue weighted by atomic mass is 10.0. The average Bonchev–Trinajstić information content (AvgIpc) is 2.65. The topological polar surface area (TPSA) is 39.4 Å². The van der Waals surface area contributed by atoms with E-state index in [-0.39, 0.29) is 11.0 Å². The van der Waals surface area contributed by atoms with E-state index in [4.69, 9.17) is 20.8 Å². The lowest BCUT2D eigenvalue weighted by Crippen LogP contribution is -2.08. The predicted molar refractivity (Wildman–Crippen MR) is 51.3 cm³/mol. The Labute approximate surface area is 86.3 Å². The number of ether oxygens (including phenoxy) is 1. The fourth-order valence-corrected chi connectivity index (χ4v) is 1.56. The predicted octanol–water partition coefficient (Wildman–Crippen LogP) is 2.81. The quantitative estimate of drug-likeness (QED) is 0.708. The van der Waals surface area contributed by atoms with E-state index in [2.05, 4.69) is 0 Å². The van der Waals surface area contributed by atoms with Crippen molar-refractivity contribution in [2.24, 2.45) is 0 Å². The van der Waals surface area contributed by atoms with Crippen LogP contribution in [0.3, 0.4) is 0 Å². The molecule has 0 aromatic carbocycles. The molecule has 0 spiro atoms. The number of Topliss-reactive ketones (excluding diaryl/α,β-unsaturated/α-hetero) is 1. The Morgan fingerprint density at radius 2 is 2.36 bits per heavy atom. The second kappa shape index (κ2) is 3.88. The third-order valence-electron chi connectivity index (χ3n) is 2.09. The van der Waals surface area contributed by atoms with Gasteiger partial charge in [-0.15, -0.1) is 0 Å². The molecule has 1 aromatic heterocycles. The summed E-state index contributed by atoms with van der Waals surface area (Å²) in [6.07, 6.45) is 4.52. The Morgan fingerprint density at radius 3 is 2.93 bits per heavy atom. The molecule has 0 aliphatic carbocycles. The molecule has 1 aliphatic rings. The van der Waals surface area contributed by atoms with Crippen molar-refractivity contribution in [3.8, 4) is 0 Å². The number of ketones is 1. The van der Waals surface area contributed by atoms with Crippen LogP contribution in [-0.4, -0.2) is 12.4 Å². The molecule has 0 bridgehead atoms. The normalized spacial score (nSPS) is 15.9. The Kier molecular flexibility index (Phi) is 2.59. The zero-order valence-electron chi connectivity index (χ0n) is 7.46. The molecule has 14 heavy (non-hydrogen) atoms. The number of rotatable bonds is 2. The third kappa shape index (κ3) is 1.68. The van der Waals surface area contributed by atoms with Gasteiger partial charge in [0.2, 0.25) is 5.22 Å². The van der Waals surface area contributed by atoms with Crippen molar-refractivity contribution in [2.45, 2.75) is 12.8 Å². The molecule has 0 saturated carbocycles. The maximum atomic E-state index is 11.8. The minimum Gasteiger partial charge on any atom is -0.501 e. The molecular weight excluding hydrogens is 204 g/mol. The molecule has 4 heteroatoms. The lowest BCUT2D eigenvalue weighted by Gasteiger charge is -2.11. The van der Waals surface area contributed by atoms with Crippen LogP contribution in [0.4, 0.5) is 0 Å². The Hall–Kier alpha value is -1.22. The van der Waals surface area contributed by atoms with Crippen LogP contribution in [0.15, 0.2) is 28.6 Å². The molecule has 0 atom stereocenters. The summed E-state index contributed by atoms with van der Waals surface area (Å²) in [6.45, 7) is 0.676. The van der Waals surface area contributed by atoms with Gasteiger partial charge in [0, 0.05) is 5.57 Å². The van der Waals surface area contributed by atoms with Gasteiger partial charge in [0.05, 0.1) is 24.7 Å². The summed E-state index contributed by atoms with van der Waals surface area (Å²) in [6, 6.07) is 1.57. The Morgan fingerprint density at radius 1 is 1.50 bits per heavy atom. The van der Waals surface area contributed by atoms with Gasteiger partial charge in [0.25, 0.3) is 0 Å². The highest BCUT2D eigenvalue weighted by Crippen LogP contribution is 2.23. The summed E-state index contributed by atoms with van der Waals surface area (Å²) in [5.74, 6) is -0.108. The van der Waals surface area contributed by atoms with Crippen molar-refractivity contribution >= 4 is 17.4 Å². The fourth-order valence-electron chi connectivity index (χ4n) is 1.36. The van der Waals surface area contributed by atoms with Crippen molar-refractivity contribution in [1.29, 1.82) is 0 Å². The van der Waals surface area contributed by atoms with E-state index < -0.39 is 0 Å². The lowest BCUT2D eigenvalue weighted by molar-refractivity contribution is 0.101. The van der Waals surface area contributed by atoms with Crippen LogP contribution in [0, 0.1) is 0 Å². The van der Waals surface area contributed by atoms with Gasteiger partial charge in [-0.25, -0.2) is 0 Å². The van der Waals surface area contributed by atoms with Crippen LogP contribution >= 0.6 is 11.6 Å². The number of furan rings is 1. The van der Waals surface area contributed by atoms with E-state index >= 15 is 0 Å². The monoisotopic (exact) mass is 212 g/mol. The first-order valence-electron chi connectivity index (χ1n) is 4.37. The molecule has 2 heterocycles. The van der Waals surface area contributed by atoms with E-state index in [1.807, 2.05) is 0 Å². The van der Waals surface area contributed by atoms with Crippen LogP contribution in [-0.2, 0) is 4.74 Å². The largest absolute Gasteiger partial charge is 0.501 e. The highest BCUT2D eigenvalue weighted by Gasteiger charge is 2.19. The minimum atomic E-state index is -0.108. The highest BCUT2D eigenvalue weighted by molar-refractivity contribution is 6.33. The zero-order valence-corrected chi connectivity index (χ0v) is 8.21. The van der Waals surface area contributed by atoms with E-state index in [9.17, 15) is 4.79 Å². The summed E-state index contributed by atoms with van der Waals surface area (Å²) >= 11 is 5.70. The minimum absolute atomic E-state index is 0.108. The summed E-state index contributed by atoms with van der Waals surface area (Å²) in [5, 5.41) is 0.140. The molecule has 1 aliphatic heterocycles. The Balaban J connectivity index is 2.23. The van der Waals surface area contributed by atoms with Gasteiger partial charge in [-0.3, -0.25) is 4.79 Å². The molecule has 0 saturated heterocycles. The smallest absolute Gasteiger partial charge is 0.204 e. The van der Waals surface area contributed by atoms with Gasteiger partial charge >= 0.3 is 0 Å². The Bertz CT molecular complexity index is 378. The van der Waals surface area contributed by atoms with E-state index in [0.717, 1.165) is 12.8 Å². The van der Waals surface area contributed by atoms with E-state index in [1.54, 1.807) is 6.07 Å². The first-order chi connectivity index (χ1) is 6.79. The molecular formula is C10H9ClO3. The van der Waals surface area contributed by atoms with Gasteiger partial charge in [0.1, 0.15) is 0 Å². The first kappa shape index (κ1) is 9.34. The molecule has 74 valence electrons. The summed E-state index contributed by atoms with van der Waals surface area (Å²) in [4.78, 5) is 11.8. The van der Waals surface area contributed by atoms with Crippen molar-refractivity contribution in [3.63, 3.8) is 0 Å². The molecule has 0 amide bonds. The second-order valence-electron chi connectivity index (χ2n) is 3.05. The zero-order chi connectivity index (χ0) is 9.97. The molecule has 2 rings (SSSR count). The first-order valence-corrected chi connectivity index (χ1v) is 4.75. The average molecular weight is 213 g/mol. The molecule has 1 aromatic rings. The molecule has 0 unspecified atom stereocenters. The van der Waals surface area contributed by atoms with E-state index in [0.29, 0.717) is 17.7 Å². The summed E-state index contributed by atoms with van der Waals surface area (Å²) in [7, 11) is 0. The van der Waals surface area contributed by atoms with Gasteiger partial charge in [-0.2, -0.15) is 0 Å².